The summed E-state index contributed by atoms with van der Waals surface area (Å²) >= 11 is 1.27. The smallest absolute Gasteiger partial charge is 0.234 e. The van der Waals surface area contributed by atoms with E-state index in [0.717, 1.165) is 11.3 Å². The van der Waals surface area contributed by atoms with E-state index >= 15 is 0 Å². The lowest BCUT2D eigenvalue weighted by Crippen LogP contribution is -2.24. The maximum atomic E-state index is 12.1. The van der Waals surface area contributed by atoms with Gasteiger partial charge in [0.2, 0.25) is 11.1 Å². The number of aromatic nitrogens is 3. The number of amides is 1. The fourth-order valence-electron chi connectivity index (χ4n) is 2.03. The first-order chi connectivity index (χ1) is 10.7. The van der Waals surface area contributed by atoms with Crippen LogP contribution < -0.4 is 11.2 Å². The van der Waals surface area contributed by atoms with Gasteiger partial charge >= 0.3 is 0 Å². The maximum Gasteiger partial charge on any atom is 0.234 e. The summed E-state index contributed by atoms with van der Waals surface area (Å²) in [4.78, 5) is 12.1. The molecule has 0 spiro atoms. The summed E-state index contributed by atoms with van der Waals surface area (Å²) in [7, 11) is 0. The van der Waals surface area contributed by atoms with E-state index in [1.54, 1.807) is 0 Å². The summed E-state index contributed by atoms with van der Waals surface area (Å²) in [5, 5.41) is 11.6. The molecule has 0 fully saturated rings. The first-order valence-corrected chi connectivity index (χ1v) is 8.38. The summed E-state index contributed by atoms with van der Waals surface area (Å²) in [5.41, 5.74) is 2.95. The predicted octanol–water partition coefficient (Wildman–Crippen LogP) is 2.64. The molecule has 124 valence electrons. The second kappa shape index (κ2) is 6.62. The molecule has 0 aliphatic carbocycles. The molecule has 23 heavy (non-hydrogen) atoms. The van der Waals surface area contributed by atoms with Gasteiger partial charge in [0, 0.05) is 11.1 Å². The fraction of sp³-hybridized carbons (Fsp3) is 0.438. The average Bonchev–Trinajstić information content (AvgIpc) is 2.82. The number of carbonyl (C=O) groups is 1. The van der Waals surface area contributed by atoms with E-state index in [2.05, 4.69) is 15.5 Å². The molecule has 0 aliphatic heterocycles. The minimum atomic E-state index is -0.192. The van der Waals surface area contributed by atoms with E-state index in [-0.39, 0.29) is 17.1 Å². The van der Waals surface area contributed by atoms with Gasteiger partial charge in [0.05, 0.1) is 5.75 Å². The molecule has 0 saturated heterocycles. The molecule has 1 heterocycles. The van der Waals surface area contributed by atoms with Crippen molar-refractivity contribution in [3.05, 3.63) is 35.2 Å². The lowest BCUT2D eigenvalue weighted by Gasteiger charge is -2.16. The van der Waals surface area contributed by atoms with E-state index in [4.69, 9.17) is 5.84 Å². The Hall–Kier alpha value is -2.02. The minimum Gasteiger partial charge on any atom is -0.336 e. The molecular weight excluding hydrogens is 310 g/mol. The highest BCUT2D eigenvalue weighted by Crippen LogP contribution is 2.23. The van der Waals surface area contributed by atoms with Crippen LogP contribution in [0.5, 0.6) is 0 Å². The number of nitrogens with two attached hydrogens (primary N) is 1. The molecule has 0 saturated carbocycles. The number of rotatable bonds is 4. The predicted molar refractivity (Wildman–Crippen MR) is 94.1 cm³/mol. The van der Waals surface area contributed by atoms with E-state index in [1.807, 2.05) is 52.8 Å². The monoisotopic (exact) mass is 333 g/mol. The van der Waals surface area contributed by atoms with Gasteiger partial charge in [-0.1, -0.05) is 38.6 Å². The van der Waals surface area contributed by atoms with Crippen LogP contribution in [0.25, 0.3) is 0 Å². The van der Waals surface area contributed by atoms with Gasteiger partial charge in [-0.15, -0.1) is 10.2 Å². The largest absolute Gasteiger partial charge is 0.336 e. The number of hydrogen-bond acceptors (Lipinski definition) is 5. The second-order valence-corrected chi connectivity index (χ2v) is 7.50. The summed E-state index contributed by atoms with van der Waals surface area (Å²) in [6.07, 6.45) is 0. The van der Waals surface area contributed by atoms with Gasteiger partial charge in [0.15, 0.2) is 5.82 Å². The Bertz CT molecular complexity index is 718. The zero-order valence-electron chi connectivity index (χ0n) is 14.2. The van der Waals surface area contributed by atoms with Crippen molar-refractivity contribution in [2.45, 2.75) is 45.2 Å². The molecule has 0 aliphatic rings. The normalized spacial score (nSPS) is 11.5. The number of thioether (sulfide) groups is 1. The molecule has 0 atom stereocenters. The molecule has 0 unspecified atom stereocenters. The Morgan fingerprint density at radius 2 is 1.96 bits per heavy atom. The molecule has 3 N–H and O–H groups in total. The number of hydrogen-bond donors (Lipinski definition) is 2. The first-order valence-electron chi connectivity index (χ1n) is 7.39. The molecule has 0 radical (unpaired) electrons. The van der Waals surface area contributed by atoms with Crippen molar-refractivity contribution >= 4 is 23.4 Å². The first kappa shape index (κ1) is 17.3. The summed E-state index contributed by atoms with van der Waals surface area (Å²) in [6.45, 7) is 10.1. The van der Waals surface area contributed by atoms with Crippen LogP contribution in [0.1, 0.15) is 37.7 Å². The number of nitrogen functional groups attached to an aromatic ring is 1. The number of nitrogens with zero attached hydrogens (tertiary/aromatic N) is 3. The molecule has 2 aromatic rings. The van der Waals surface area contributed by atoms with E-state index < -0.39 is 0 Å². The average molecular weight is 333 g/mol. The van der Waals surface area contributed by atoms with Crippen LogP contribution in [0.15, 0.2) is 23.4 Å². The molecule has 1 amide bonds. The number of carbonyl (C=O) groups excluding carboxylic acids is 1. The second-order valence-electron chi connectivity index (χ2n) is 6.56. The third-order valence-corrected chi connectivity index (χ3v) is 4.40. The lowest BCUT2D eigenvalue weighted by molar-refractivity contribution is -0.113. The SMILES string of the molecule is Cc1ccc(NC(=O)CSc2nnc(C(C)(C)C)n2N)cc1C. The zero-order chi connectivity index (χ0) is 17.2. The maximum absolute atomic E-state index is 12.1. The van der Waals surface area contributed by atoms with Gasteiger partial charge in [-0.25, -0.2) is 4.68 Å². The van der Waals surface area contributed by atoms with Gasteiger partial charge in [0.25, 0.3) is 0 Å². The van der Waals surface area contributed by atoms with Crippen molar-refractivity contribution in [3.8, 4) is 0 Å². The highest BCUT2D eigenvalue weighted by molar-refractivity contribution is 7.99. The van der Waals surface area contributed by atoms with Gasteiger partial charge in [-0.05, 0) is 37.1 Å². The third kappa shape index (κ3) is 4.25. The Labute approximate surface area is 140 Å². The lowest BCUT2D eigenvalue weighted by atomic mass is 9.96. The third-order valence-electron chi connectivity index (χ3n) is 3.46. The van der Waals surface area contributed by atoms with Crippen LogP contribution >= 0.6 is 11.8 Å². The Balaban J connectivity index is 1.97. The quantitative estimate of drug-likeness (QED) is 0.663. The molecular formula is C16H23N5OS. The Morgan fingerprint density at radius 1 is 1.26 bits per heavy atom. The molecule has 2 rings (SSSR count). The highest BCUT2D eigenvalue weighted by Gasteiger charge is 2.23. The van der Waals surface area contributed by atoms with Crippen LogP contribution in [-0.4, -0.2) is 26.5 Å². The van der Waals surface area contributed by atoms with Gasteiger partial charge in [0.1, 0.15) is 0 Å². The molecule has 1 aromatic carbocycles. The number of benzene rings is 1. The van der Waals surface area contributed by atoms with Crippen molar-refractivity contribution in [2.75, 3.05) is 16.9 Å². The Kier molecular flexibility index (Phi) is 4.99. The summed E-state index contributed by atoms with van der Waals surface area (Å²) in [6, 6.07) is 5.85. The van der Waals surface area contributed by atoms with Crippen LogP contribution in [0.3, 0.4) is 0 Å². The van der Waals surface area contributed by atoms with Crippen LogP contribution in [0.2, 0.25) is 0 Å². The highest BCUT2D eigenvalue weighted by atomic mass is 32.2. The van der Waals surface area contributed by atoms with E-state index in [1.165, 1.54) is 22.0 Å². The Morgan fingerprint density at radius 3 is 2.52 bits per heavy atom. The van der Waals surface area contributed by atoms with Crippen molar-refractivity contribution in [1.29, 1.82) is 0 Å². The van der Waals surface area contributed by atoms with Crippen molar-refractivity contribution in [3.63, 3.8) is 0 Å². The summed E-state index contributed by atoms with van der Waals surface area (Å²) in [5.74, 6) is 6.82. The van der Waals surface area contributed by atoms with Gasteiger partial charge < -0.3 is 11.2 Å². The molecule has 7 heteroatoms. The van der Waals surface area contributed by atoms with Crippen LogP contribution in [0, 0.1) is 13.8 Å². The van der Waals surface area contributed by atoms with E-state index in [0.29, 0.717) is 11.0 Å². The van der Waals surface area contributed by atoms with Crippen LogP contribution in [0.4, 0.5) is 5.69 Å². The van der Waals surface area contributed by atoms with Gasteiger partial charge in [-0.3, -0.25) is 4.79 Å². The number of anilines is 1. The number of aryl methyl sites for hydroxylation is 2. The van der Waals surface area contributed by atoms with Crippen molar-refractivity contribution < 1.29 is 4.79 Å². The molecule has 1 aromatic heterocycles. The zero-order valence-corrected chi connectivity index (χ0v) is 15.0. The van der Waals surface area contributed by atoms with E-state index in [9.17, 15) is 4.79 Å². The topological polar surface area (TPSA) is 85.8 Å². The molecule has 6 nitrogen and oxygen atoms in total. The number of nitrogens with one attached hydrogen (secondary N) is 1. The van der Waals surface area contributed by atoms with Crippen LogP contribution in [-0.2, 0) is 10.2 Å². The van der Waals surface area contributed by atoms with Crippen molar-refractivity contribution in [1.82, 2.24) is 14.9 Å². The molecule has 0 bridgehead atoms. The van der Waals surface area contributed by atoms with Gasteiger partial charge in [-0.2, -0.15) is 0 Å². The standard InChI is InChI=1S/C16H23N5OS/c1-10-6-7-12(8-11(10)2)18-13(22)9-23-15-20-19-14(21(15)17)16(3,4)5/h6-8H,9,17H2,1-5H3,(H,18,22). The fourth-order valence-corrected chi connectivity index (χ4v) is 2.69. The summed E-state index contributed by atoms with van der Waals surface area (Å²) < 4.78 is 1.45. The van der Waals surface area contributed by atoms with Crippen molar-refractivity contribution in [2.24, 2.45) is 0 Å². The minimum absolute atomic E-state index is 0.0986.